The Balaban J connectivity index is 3.15. The summed E-state index contributed by atoms with van der Waals surface area (Å²) in [7, 11) is -1.85. The average molecular weight is 294 g/mol. The Morgan fingerprint density at radius 3 is 2.10 bits per heavy atom. The Morgan fingerprint density at radius 2 is 1.70 bits per heavy atom. The van der Waals surface area contributed by atoms with Gasteiger partial charge in [-0.05, 0) is 36.4 Å². The molecule has 0 N–H and O–H groups in total. The van der Waals surface area contributed by atoms with E-state index in [1.807, 2.05) is 0 Å². The van der Waals surface area contributed by atoms with Gasteiger partial charge in [-0.2, -0.15) is 5.26 Å². The lowest BCUT2D eigenvalue weighted by atomic mass is 9.71. The van der Waals surface area contributed by atoms with Crippen molar-refractivity contribution < 1.29 is 4.43 Å². The normalized spacial score (nSPS) is 21.6. The third-order valence-electron chi connectivity index (χ3n) is 4.90. The molecule has 0 fully saturated rings. The van der Waals surface area contributed by atoms with Gasteiger partial charge < -0.3 is 4.43 Å². The fourth-order valence-corrected chi connectivity index (χ4v) is 3.65. The van der Waals surface area contributed by atoms with Crippen molar-refractivity contribution in [2.45, 2.75) is 78.9 Å². The molecule has 20 heavy (non-hydrogen) atoms. The van der Waals surface area contributed by atoms with Gasteiger partial charge in [0.25, 0.3) is 0 Å². The summed E-state index contributed by atoms with van der Waals surface area (Å²) in [5, 5.41) is 9.80. The van der Waals surface area contributed by atoms with Gasteiger partial charge in [0.1, 0.15) is 0 Å². The van der Waals surface area contributed by atoms with Crippen molar-refractivity contribution in [1.82, 2.24) is 0 Å². The molecule has 0 aromatic heterocycles. The van der Waals surface area contributed by atoms with E-state index >= 15 is 0 Å². The van der Waals surface area contributed by atoms with E-state index < -0.39 is 8.32 Å². The van der Waals surface area contributed by atoms with Crippen LogP contribution in [0.1, 0.15) is 60.8 Å². The summed E-state index contributed by atoms with van der Waals surface area (Å²) < 4.78 is 6.47. The molecule has 0 aliphatic heterocycles. The minimum Gasteiger partial charge on any atom is -0.546 e. The second kappa shape index (κ2) is 5.56. The molecule has 0 radical (unpaired) electrons. The zero-order valence-electron chi connectivity index (χ0n) is 14.6. The van der Waals surface area contributed by atoms with Crippen LogP contribution in [0.2, 0.25) is 18.1 Å². The summed E-state index contributed by atoms with van der Waals surface area (Å²) in [5.41, 5.74) is 1.04. The summed E-state index contributed by atoms with van der Waals surface area (Å²) in [6.07, 6.45) is 3.18. The second-order valence-electron chi connectivity index (χ2n) is 8.62. The smallest absolute Gasteiger partial charge is 0.250 e. The number of hydrogen-bond donors (Lipinski definition) is 0. The molecule has 0 bridgehead atoms. The molecule has 114 valence electrons. The van der Waals surface area contributed by atoms with Crippen molar-refractivity contribution in [2.75, 3.05) is 0 Å². The van der Waals surface area contributed by atoms with E-state index in [1.165, 1.54) is 0 Å². The molecular formula is C17H31NOSi. The minimum absolute atomic E-state index is 0.132. The van der Waals surface area contributed by atoms with Gasteiger partial charge in [-0.15, -0.1) is 0 Å². The number of rotatable bonds is 2. The van der Waals surface area contributed by atoms with Crippen molar-refractivity contribution in [3.8, 4) is 6.07 Å². The Labute approximate surface area is 126 Å². The van der Waals surface area contributed by atoms with Gasteiger partial charge in [-0.1, -0.05) is 41.5 Å². The van der Waals surface area contributed by atoms with E-state index in [-0.39, 0.29) is 10.5 Å². The lowest BCUT2D eigenvalue weighted by Crippen LogP contribution is -2.41. The predicted molar refractivity (Wildman–Crippen MR) is 87.7 cm³/mol. The van der Waals surface area contributed by atoms with Gasteiger partial charge >= 0.3 is 0 Å². The van der Waals surface area contributed by atoms with Crippen LogP contribution in [-0.4, -0.2) is 8.32 Å². The zero-order valence-corrected chi connectivity index (χ0v) is 15.6. The quantitative estimate of drug-likeness (QED) is 0.618. The van der Waals surface area contributed by atoms with Crippen LogP contribution in [-0.2, 0) is 4.43 Å². The first-order valence-electron chi connectivity index (χ1n) is 7.72. The van der Waals surface area contributed by atoms with Crippen LogP contribution < -0.4 is 0 Å². The maximum absolute atomic E-state index is 9.62. The first-order chi connectivity index (χ1) is 8.90. The van der Waals surface area contributed by atoms with Crippen molar-refractivity contribution in [3.05, 3.63) is 11.3 Å². The van der Waals surface area contributed by atoms with Gasteiger partial charge in [0, 0.05) is 12.3 Å². The van der Waals surface area contributed by atoms with Crippen molar-refractivity contribution in [1.29, 1.82) is 5.26 Å². The zero-order chi connectivity index (χ0) is 15.8. The molecule has 1 aliphatic carbocycles. The van der Waals surface area contributed by atoms with E-state index in [0.717, 1.165) is 30.6 Å². The van der Waals surface area contributed by atoms with Gasteiger partial charge in [-0.25, -0.2) is 0 Å². The van der Waals surface area contributed by atoms with Gasteiger partial charge in [0.2, 0.25) is 8.32 Å². The highest BCUT2D eigenvalue weighted by Crippen LogP contribution is 2.45. The van der Waals surface area contributed by atoms with Crippen LogP contribution in [0.3, 0.4) is 0 Å². The molecule has 1 rings (SSSR count). The number of nitrogens with zero attached hydrogens (tertiary/aromatic N) is 1. The van der Waals surface area contributed by atoms with E-state index in [9.17, 15) is 5.26 Å². The van der Waals surface area contributed by atoms with Crippen molar-refractivity contribution in [3.63, 3.8) is 0 Å². The van der Waals surface area contributed by atoms with Crippen LogP contribution in [0.4, 0.5) is 0 Å². The first kappa shape index (κ1) is 17.3. The van der Waals surface area contributed by atoms with Crippen LogP contribution in [0.5, 0.6) is 0 Å². The third kappa shape index (κ3) is 3.66. The fraction of sp³-hybridized carbons (Fsp3) is 0.824. The monoisotopic (exact) mass is 293 g/mol. The van der Waals surface area contributed by atoms with Crippen molar-refractivity contribution in [2.24, 2.45) is 11.3 Å². The van der Waals surface area contributed by atoms with Gasteiger partial charge in [0.05, 0.1) is 17.4 Å². The van der Waals surface area contributed by atoms with E-state index in [1.54, 1.807) is 0 Å². The summed E-state index contributed by atoms with van der Waals surface area (Å²) in [6.45, 7) is 17.9. The maximum Gasteiger partial charge on any atom is 0.250 e. The van der Waals surface area contributed by atoms with Crippen LogP contribution in [0.25, 0.3) is 0 Å². The van der Waals surface area contributed by atoms with E-state index in [0.29, 0.717) is 5.92 Å². The molecular weight excluding hydrogens is 262 g/mol. The molecule has 3 heteroatoms. The first-order valence-corrected chi connectivity index (χ1v) is 10.6. The molecule has 0 heterocycles. The van der Waals surface area contributed by atoms with Gasteiger partial charge in [0.15, 0.2) is 0 Å². The lowest BCUT2D eigenvalue weighted by Gasteiger charge is -2.41. The summed E-state index contributed by atoms with van der Waals surface area (Å²) >= 11 is 0. The number of allylic oxidation sites excluding steroid dienone is 2. The summed E-state index contributed by atoms with van der Waals surface area (Å²) in [5.74, 6) is 1.33. The largest absolute Gasteiger partial charge is 0.546 e. The van der Waals surface area contributed by atoms with Gasteiger partial charge in [-0.3, -0.25) is 0 Å². The van der Waals surface area contributed by atoms with Crippen LogP contribution in [0.15, 0.2) is 11.3 Å². The highest BCUT2D eigenvalue weighted by atomic mass is 28.4. The maximum atomic E-state index is 9.62. The molecule has 0 saturated heterocycles. The highest BCUT2D eigenvalue weighted by Gasteiger charge is 2.41. The van der Waals surface area contributed by atoms with Crippen LogP contribution in [0, 0.1) is 22.7 Å². The predicted octanol–water partition coefficient (Wildman–Crippen LogP) is 5.63. The van der Waals surface area contributed by atoms with Crippen LogP contribution >= 0.6 is 0 Å². The third-order valence-corrected chi connectivity index (χ3v) is 9.26. The van der Waals surface area contributed by atoms with E-state index in [4.69, 9.17) is 4.43 Å². The lowest BCUT2D eigenvalue weighted by molar-refractivity contribution is 0.230. The number of nitriles is 1. The summed E-state index contributed by atoms with van der Waals surface area (Å²) in [6, 6.07) is 2.46. The second-order valence-corrected chi connectivity index (χ2v) is 13.3. The molecule has 0 saturated carbocycles. The fourth-order valence-electron chi connectivity index (χ4n) is 2.51. The Kier molecular flexibility index (Phi) is 4.81. The topological polar surface area (TPSA) is 33.0 Å². The Morgan fingerprint density at radius 1 is 1.15 bits per heavy atom. The highest BCUT2D eigenvalue weighted by molar-refractivity contribution is 6.74. The summed E-state index contributed by atoms with van der Waals surface area (Å²) in [4.78, 5) is 0. The minimum atomic E-state index is -1.85. The molecule has 2 nitrogen and oxygen atoms in total. The molecule has 0 spiro atoms. The molecule has 0 amide bonds. The average Bonchev–Trinajstić information content (AvgIpc) is 2.25. The van der Waals surface area contributed by atoms with Crippen molar-refractivity contribution >= 4 is 8.32 Å². The standard InChI is InChI=1S/C17H31NOSi/c1-16(2,3)14-10-9-11-15(13(14)12-18)19-20(7,8)17(4,5)6/h14H,9-11H2,1-8H3. The SMILES string of the molecule is CC(C)(C)C1CCCC(O[Si](C)(C)C(C)(C)C)=C1C#N. The Hall–Kier alpha value is -0.753. The van der Waals surface area contributed by atoms with E-state index in [2.05, 4.69) is 60.7 Å². The molecule has 1 unspecified atom stereocenters. The molecule has 1 atom stereocenters. The molecule has 0 aromatic carbocycles. The number of hydrogen-bond acceptors (Lipinski definition) is 2. The molecule has 1 aliphatic rings. The Bertz CT molecular complexity index is 429. The molecule has 0 aromatic rings.